The van der Waals surface area contributed by atoms with Gasteiger partial charge in [0.05, 0.1) is 24.3 Å². The molecule has 1 aromatic carbocycles. The Labute approximate surface area is 181 Å². The molecule has 2 saturated heterocycles. The van der Waals surface area contributed by atoms with Gasteiger partial charge in [0.1, 0.15) is 6.10 Å². The molecular formula is C22H32F3N3O3. The molecule has 174 valence electrons. The van der Waals surface area contributed by atoms with E-state index in [4.69, 9.17) is 4.74 Å². The highest BCUT2D eigenvalue weighted by molar-refractivity contribution is 5.77. The third kappa shape index (κ3) is 6.57. The van der Waals surface area contributed by atoms with Crippen LogP contribution in [0.25, 0.3) is 0 Å². The first kappa shape index (κ1) is 23.8. The number of carbonyl (C=O) groups is 1. The summed E-state index contributed by atoms with van der Waals surface area (Å²) < 4.78 is 44.6. The zero-order chi connectivity index (χ0) is 22.8. The molecule has 3 atom stereocenters. The van der Waals surface area contributed by atoms with E-state index in [0.29, 0.717) is 44.8 Å². The molecule has 0 spiro atoms. The monoisotopic (exact) mass is 443 g/mol. The van der Waals surface area contributed by atoms with Crippen LogP contribution in [-0.2, 0) is 15.7 Å². The smallest absolute Gasteiger partial charge is 0.388 e. The zero-order valence-electron chi connectivity index (χ0n) is 18.3. The molecule has 1 aromatic rings. The summed E-state index contributed by atoms with van der Waals surface area (Å²) in [5.41, 5.74) is -0.213. The minimum atomic E-state index is -4.35. The molecule has 0 unspecified atom stereocenters. The molecule has 0 aliphatic carbocycles. The Morgan fingerprint density at radius 2 is 1.87 bits per heavy atom. The number of nitrogens with one attached hydrogen (secondary N) is 1. The Bertz CT molecular complexity index is 758. The number of alkyl halides is 3. The molecule has 2 N–H and O–H groups in total. The van der Waals surface area contributed by atoms with Crippen molar-refractivity contribution in [3.63, 3.8) is 0 Å². The number of nitrogens with zero attached hydrogens (tertiary/aromatic N) is 2. The van der Waals surface area contributed by atoms with Crippen LogP contribution in [0.1, 0.15) is 32.8 Å². The van der Waals surface area contributed by atoms with Gasteiger partial charge in [0.15, 0.2) is 0 Å². The lowest BCUT2D eigenvalue weighted by Crippen LogP contribution is -2.51. The van der Waals surface area contributed by atoms with Gasteiger partial charge in [-0.2, -0.15) is 13.2 Å². The number of aliphatic hydroxyl groups excluding tert-OH is 1. The largest absolute Gasteiger partial charge is 0.416 e. The Morgan fingerprint density at radius 3 is 2.48 bits per heavy atom. The van der Waals surface area contributed by atoms with Gasteiger partial charge in [-0.25, -0.2) is 0 Å². The van der Waals surface area contributed by atoms with Gasteiger partial charge in [0, 0.05) is 44.8 Å². The van der Waals surface area contributed by atoms with Crippen LogP contribution in [0.4, 0.5) is 18.9 Å². The summed E-state index contributed by atoms with van der Waals surface area (Å²) in [5.74, 6) is -0.101. The molecule has 2 aliphatic heterocycles. The highest BCUT2D eigenvalue weighted by Crippen LogP contribution is 2.32. The van der Waals surface area contributed by atoms with Gasteiger partial charge >= 0.3 is 6.18 Å². The Balaban J connectivity index is 1.48. The average Bonchev–Trinajstić information content (AvgIpc) is 3.00. The fraction of sp³-hybridized carbons (Fsp3) is 0.682. The number of amides is 1. The lowest BCUT2D eigenvalue weighted by molar-refractivity contribution is -0.137. The second-order valence-electron chi connectivity index (χ2n) is 9.61. The van der Waals surface area contributed by atoms with Crippen LogP contribution in [0, 0.1) is 5.41 Å². The van der Waals surface area contributed by atoms with Crippen LogP contribution in [0.3, 0.4) is 0 Å². The van der Waals surface area contributed by atoms with Crippen LogP contribution in [0.5, 0.6) is 0 Å². The molecule has 2 fully saturated rings. The Hall–Kier alpha value is -1.84. The second kappa shape index (κ2) is 9.34. The van der Waals surface area contributed by atoms with Crippen LogP contribution in [0.15, 0.2) is 24.3 Å². The van der Waals surface area contributed by atoms with Crippen molar-refractivity contribution < 1.29 is 27.8 Å². The van der Waals surface area contributed by atoms with E-state index in [2.05, 4.69) is 10.2 Å². The second-order valence-corrected chi connectivity index (χ2v) is 9.61. The molecule has 9 heteroatoms. The molecular weight excluding hydrogens is 411 g/mol. The van der Waals surface area contributed by atoms with Gasteiger partial charge in [-0.1, -0.05) is 26.8 Å². The van der Waals surface area contributed by atoms with Crippen LogP contribution >= 0.6 is 0 Å². The van der Waals surface area contributed by atoms with Crippen molar-refractivity contribution in [2.45, 2.75) is 51.6 Å². The van der Waals surface area contributed by atoms with Gasteiger partial charge in [-0.15, -0.1) is 0 Å². The number of anilines is 1. The number of hydrogen-bond acceptors (Lipinski definition) is 5. The Kier molecular flexibility index (Phi) is 7.18. The van der Waals surface area contributed by atoms with Crippen molar-refractivity contribution >= 4 is 11.6 Å². The third-order valence-corrected chi connectivity index (χ3v) is 5.67. The van der Waals surface area contributed by atoms with Gasteiger partial charge in [0.25, 0.3) is 0 Å². The molecule has 3 rings (SSSR count). The van der Waals surface area contributed by atoms with Crippen LogP contribution in [-0.4, -0.2) is 73.5 Å². The van der Waals surface area contributed by atoms with Gasteiger partial charge < -0.3 is 20.1 Å². The minimum absolute atomic E-state index is 0.101. The van der Waals surface area contributed by atoms with E-state index < -0.39 is 30.0 Å². The first-order valence-corrected chi connectivity index (χ1v) is 10.7. The Morgan fingerprint density at radius 1 is 1.19 bits per heavy atom. The lowest BCUT2D eigenvalue weighted by Gasteiger charge is -2.37. The molecule has 6 nitrogen and oxygen atoms in total. The number of ether oxygens (including phenoxy) is 1. The summed E-state index contributed by atoms with van der Waals surface area (Å²) in [5, 5.41) is 13.4. The van der Waals surface area contributed by atoms with Crippen molar-refractivity contribution in [2.24, 2.45) is 5.41 Å². The predicted octanol–water partition coefficient (Wildman–Crippen LogP) is 2.51. The minimum Gasteiger partial charge on any atom is -0.388 e. The van der Waals surface area contributed by atoms with E-state index >= 15 is 0 Å². The van der Waals surface area contributed by atoms with E-state index in [1.165, 1.54) is 12.1 Å². The number of rotatable bonds is 5. The average molecular weight is 444 g/mol. The standard InChI is InChI=1S/C22H32F3N3O3/c1-21(2,3)12-19(29)26-17-14-31-18(20(17)30)13-27-7-9-28(10-8-27)16-6-4-5-15(11-16)22(23,24)25/h4-6,11,17-18,20,30H,7-10,12-14H2,1-3H3,(H,26,29)/t17-,18-,20+/m0/s1. The quantitative estimate of drug-likeness (QED) is 0.732. The highest BCUT2D eigenvalue weighted by atomic mass is 19.4. The van der Waals surface area contributed by atoms with Crippen molar-refractivity contribution in [1.82, 2.24) is 10.2 Å². The van der Waals surface area contributed by atoms with Gasteiger partial charge in [-0.3, -0.25) is 9.69 Å². The normalized spacial score (nSPS) is 25.6. The summed E-state index contributed by atoms with van der Waals surface area (Å²) in [6.07, 6.45) is -5.17. The molecule has 31 heavy (non-hydrogen) atoms. The number of hydrogen-bond donors (Lipinski definition) is 2. The summed E-state index contributed by atoms with van der Waals surface area (Å²) in [6.45, 7) is 9.23. The molecule has 0 radical (unpaired) electrons. The molecule has 1 amide bonds. The van der Waals surface area contributed by atoms with Gasteiger partial charge in [-0.05, 0) is 23.6 Å². The highest BCUT2D eigenvalue weighted by Gasteiger charge is 2.38. The van der Waals surface area contributed by atoms with E-state index in [1.807, 2.05) is 25.7 Å². The molecule has 2 aliphatic rings. The van der Waals surface area contributed by atoms with E-state index in [1.54, 1.807) is 6.07 Å². The number of benzene rings is 1. The van der Waals surface area contributed by atoms with Crippen LogP contribution in [0.2, 0.25) is 0 Å². The summed E-state index contributed by atoms with van der Waals surface area (Å²) >= 11 is 0. The summed E-state index contributed by atoms with van der Waals surface area (Å²) in [7, 11) is 0. The third-order valence-electron chi connectivity index (χ3n) is 5.67. The lowest BCUT2D eigenvalue weighted by atomic mass is 9.91. The van der Waals surface area contributed by atoms with E-state index in [0.717, 1.165) is 6.07 Å². The zero-order valence-corrected chi connectivity index (χ0v) is 18.3. The van der Waals surface area contributed by atoms with Crippen molar-refractivity contribution in [1.29, 1.82) is 0 Å². The topological polar surface area (TPSA) is 65.0 Å². The first-order chi connectivity index (χ1) is 14.4. The maximum atomic E-state index is 13.0. The van der Waals surface area contributed by atoms with Crippen molar-refractivity contribution in [3.8, 4) is 0 Å². The van der Waals surface area contributed by atoms with Gasteiger partial charge in [0.2, 0.25) is 5.91 Å². The number of piperazine rings is 1. The van der Waals surface area contributed by atoms with E-state index in [-0.39, 0.29) is 17.9 Å². The molecule has 0 bridgehead atoms. The molecule has 2 heterocycles. The van der Waals surface area contributed by atoms with Crippen LogP contribution < -0.4 is 10.2 Å². The van der Waals surface area contributed by atoms with E-state index in [9.17, 15) is 23.1 Å². The SMILES string of the molecule is CC(C)(C)CC(=O)N[C@H]1CO[C@@H](CN2CCN(c3cccc(C(F)(F)F)c3)CC2)[C@@H]1O. The molecule has 0 aromatic heterocycles. The van der Waals surface area contributed by atoms with Crippen molar-refractivity contribution in [3.05, 3.63) is 29.8 Å². The summed E-state index contributed by atoms with van der Waals surface area (Å²) in [4.78, 5) is 16.2. The number of carbonyl (C=O) groups excluding carboxylic acids is 1. The fourth-order valence-electron chi connectivity index (χ4n) is 4.03. The maximum absolute atomic E-state index is 13.0. The maximum Gasteiger partial charge on any atom is 0.416 e. The summed E-state index contributed by atoms with van der Waals surface area (Å²) in [6, 6.07) is 4.96. The number of halogens is 3. The van der Waals surface area contributed by atoms with Crippen molar-refractivity contribution in [2.75, 3.05) is 44.2 Å². The fourth-order valence-corrected chi connectivity index (χ4v) is 4.03. The number of aliphatic hydroxyl groups is 1. The molecule has 0 saturated carbocycles. The predicted molar refractivity (Wildman–Crippen MR) is 112 cm³/mol. The first-order valence-electron chi connectivity index (χ1n) is 10.7.